The van der Waals surface area contributed by atoms with Crippen molar-refractivity contribution in [3.63, 3.8) is 0 Å². The van der Waals surface area contributed by atoms with Gasteiger partial charge in [0.05, 0.1) is 29.4 Å². The van der Waals surface area contributed by atoms with Gasteiger partial charge >= 0.3 is 6.18 Å². The fourth-order valence-electron chi connectivity index (χ4n) is 3.45. The summed E-state index contributed by atoms with van der Waals surface area (Å²) in [5, 5.41) is 11.3. The molecule has 3 rings (SSSR count). The van der Waals surface area contributed by atoms with E-state index in [4.69, 9.17) is 5.26 Å². The number of rotatable bonds is 3. The molecule has 1 aliphatic rings. The van der Waals surface area contributed by atoms with Gasteiger partial charge in [-0.05, 0) is 50.2 Å². The van der Waals surface area contributed by atoms with Crippen LogP contribution in [0, 0.1) is 17.1 Å². The van der Waals surface area contributed by atoms with Gasteiger partial charge in [0, 0.05) is 18.4 Å². The van der Waals surface area contributed by atoms with Crippen LogP contribution in [-0.2, 0) is 11.0 Å². The van der Waals surface area contributed by atoms with Crippen LogP contribution in [0.1, 0.15) is 35.3 Å². The minimum atomic E-state index is -4.77. The smallest absolute Gasteiger partial charge is 0.355 e. The number of amides is 2. The van der Waals surface area contributed by atoms with E-state index in [1.54, 1.807) is 13.8 Å². The van der Waals surface area contributed by atoms with Gasteiger partial charge in [0.2, 0.25) is 0 Å². The maximum Gasteiger partial charge on any atom is 0.417 e. The minimum Gasteiger partial charge on any atom is -0.355 e. The van der Waals surface area contributed by atoms with E-state index >= 15 is 0 Å². The quantitative estimate of drug-likeness (QED) is 0.748. The van der Waals surface area contributed by atoms with Crippen molar-refractivity contribution in [2.75, 3.05) is 23.5 Å². The molecule has 0 aromatic heterocycles. The zero-order valence-corrected chi connectivity index (χ0v) is 16.8. The number of carbonyl (C=O) groups is 2. The van der Waals surface area contributed by atoms with Crippen molar-refractivity contribution in [3.8, 4) is 6.07 Å². The molecule has 0 spiro atoms. The molecule has 2 aromatic rings. The summed E-state index contributed by atoms with van der Waals surface area (Å²) in [5.41, 5.74) is -2.81. The standard InChI is InChI=1S/C21H18F4N4O2/c1-20(2)19(31)28(13-5-4-12(10-26)16(8-13)21(23,24)25)11-29(20)14-6-7-15(17(22)9-14)18(30)27-3/h4-9H,11H2,1-3H3,(H,27,30). The summed E-state index contributed by atoms with van der Waals surface area (Å²) in [6.45, 7) is 2.98. The van der Waals surface area contributed by atoms with Crippen LogP contribution in [0.3, 0.4) is 0 Å². The highest BCUT2D eigenvalue weighted by atomic mass is 19.4. The predicted molar refractivity (Wildman–Crippen MR) is 105 cm³/mol. The van der Waals surface area contributed by atoms with Crippen molar-refractivity contribution in [2.24, 2.45) is 0 Å². The molecule has 0 bridgehead atoms. The molecule has 2 aromatic carbocycles. The Balaban J connectivity index is 2.01. The van der Waals surface area contributed by atoms with Crippen LogP contribution in [0.15, 0.2) is 36.4 Å². The third-order valence-corrected chi connectivity index (χ3v) is 5.20. The second-order valence-electron chi connectivity index (χ2n) is 7.44. The van der Waals surface area contributed by atoms with E-state index in [2.05, 4.69) is 5.32 Å². The number of nitriles is 1. The van der Waals surface area contributed by atoms with Crippen LogP contribution in [0.5, 0.6) is 0 Å². The van der Waals surface area contributed by atoms with E-state index in [0.29, 0.717) is 0 Å². The van der Waals surface area contributed by atoms with Crippen molar-refractivity contribution in [2.45, 2.75) is 25.6 Å². The van der Waals surface area contributed by atoms with Gasteiger partial charge in [0.1, 0.15) is 11.4 Å². The molecule has 162 valence electrons. The molecular formula is C21H18F4N4O2. The summed E-state index contributed by atoms with van der Waals surface area (Å²) in [4.78, 5) is 27.4. The molecule has 1 fully saturated rings. The molecule has 1 heterocycles. The molecule has 0 atom stereocenters. The van der Waals surface area contributed by atoms with Crippen LogP contribution in [0.4, 0.5) is 28.9 Å². The number of hydrogen-bond acceptors (Lipinski definition) is 4. The largest absolute Gasteiger partial charge is 0.417 e. The number of carbonyl (C=O) groups excluding carboxylic acids is 2. The Hall–Kier alpha value is -3.61. The van der Waals surface area contributed by atoms with Gasteiger partial charge in [-0.1, -0.05) is 0 Å². The maximum absolute atomic E-state index is 14.4. The summed E-state index contributed by atoms with van der Waals surface area (Å²) in [5.74, 6) is -1.91. The lowest BCUT2D eigenvalue weighted by atomic mass is 10.0. The Bertz CT molecular complexity index is 1110. The summed E-state index contributed by atoms with van der Waals surface area (Å²) >= 11 is 0. The average Bonchev–Trinajstić information content (AvgIpc) is 2.95. The highest BCUT2D eigenvalue weighted by Gasteiger charge is 2.47. The fourth-order valence-corrected chi connectivity index (χ4v) is 3.45. The molecule has 0 saturated carbocycles. The normalized spacial score (nSPS) is 15.7. The van der Waals surface area contributed by atoms with E-state index in [0.717, 1.165) is 23.1 Å². The number of halogens is 4. The number of nitrogens with zero attached hydrogens (tertiary/aromatic N) is 3. The molecule has 1 saturated heterocycles. The Labute approximate surface area is 175 Å². The topological polar surface area (TPSA) is 76.4 Å². The Kier molecular flexibility index (Phi) is 5.40. The fraction of sp³-hybridized carbons (Fsp3) is 0.286. The lowest BCUT2D eigenvalue weighted by Gasteiger charge is -2.30. The molecule has 10 heteroatoms. The van der Waals surface area contributed by atoms with Crippen molar-refractivity contribution in [1.82, 2.24) is 5.32 Å². The third kappa shape index (κ3) is 3.79. The third-order valence-electron chi connectivity index (χ3n) is 5.20. The molecule has 0 aliphatic carbocycles. The highest BCUT2D eigenvalue weighted by Crippen LogP contribution is 2.38. The second-order valence-corrected chi connectivity index (χ2v) is 7.44. The van der Waals surface area contributed by atoms with Gasteiger partial charge in [0.15, 0.2) is 0 Å². The monoisotopic (exact) mass is 434 g/mol. The molecule has 1 aliphatic heterocycles. The van der Waals surface area contributed by atoms with Crippen LogP contribution < -0.4 is 15.1 Å². The average molecular weight is 434 g/mol. The Morgan fingerprint density at radius 3 is 2.35 bits per heavy atom. The first kappa shape index (κ1) is 22.1. The maximum atomic E-state index is 14.4. The van der Waals surface area contributed by atoms with E-state index in [1.165, 1.54) is 36.2 Å². The summed E-state index contributed by atoms with van der Waals surface area (Å²) in [6.07, 6.45) is -4.77. The number of nitrogens with one attached hydrogen (secondary N) is 1. The zero-order valence-electron chi connectivity index (χ0n) is 16.8. The predicted octanol–water partition coefficient (Wildman–Crippen LogP) is 3.67. The summed E-state index contributed by atoms with van der Waals surface area (Å²) < 4.78 is 54.4. The Morgan fingerprint density at radius 2 is 1.81 bits per heavy atom. The first-order chi connectivity index (χ1) is 14.4. The molecule has 6 nitrogen and oxygen atoms in total. The lowest BCUT2D eigenvalue weighted by Crippen LogP contribution is -2.43. The van der Waals surface area contributed by atoms with Gasteiger partial charge in [-0.15, -0.1) is 0 Å². The lowest BCUT2D eigenvalue weighted by molar-refractivity contribution is -0.137. The second kappa shape index (κ2) is 7.58. The Morgan fingerprint density at radius 1 is 1.16 bits per heavy atom. The van der Waals surface area contributed by atoms with E-state index in [9.17, 15) is 27.2 Å². The minimum absolute atomic E-state index is 0.0330. The zero-order chi connectivity index (χ0) is 23.1. The number of alkyl halides is 3. The molecule has 1 N–H and O–H groups in total. The van der Waals surface area contributed by atoms with Crippen molar-refractivity contribution in [3.05, 3.63) is 58.9 Å². The number of anilines is 2. The highest BCUT2D eigenvalue weighted by molar-refractivity contribution is 6.05. The van der Waals surface area contributed by atoms with Crippen LogP contribution >= 0.6 is 0 Å². The summed E-state index contributed by atoms with van der Waals surface area (Å²) in [6, 6.07) is 8.37. The first-order valence-electron chi connectivity index (χ1n) is 9.14. The number of hydrogen-bond donors (Lipinski definition) is 1. The van der Waals surface area contributed by atoms with Crippen LogP contribution in [0.2, 0.25) is 0 Å². The van der Waals surface area contributed by atoms with Crippen molar-refractivity contribution >= 4 is 23.2 Å². The van der Waals surface area contributed by atoms with Crippen LogP contribution in [0.25, 0.3) is 0 Å². The molecule has 31 heavy (non-hydrogen) atoms. The van der Waals surface area contributed by atoms with Gasteiger partial charge in [-0.25, -0.2) is 4.39 Å². The van der Waals surface area contributed by atoms with Gasteiger partial charge in [-0.2, -0.15) is 18.4 Å². The van der Waals surface area contributed by atoms with Gasteiger partial charge in [0.25, 0.3) is 11.8 Å². The first-order valence-corrected chi connectivity index (χ1v) is 9.14. The van der Waals surface area contributed by atoms with E-state index in [-0.39, 0.29) is 23.6 Å². The van der Waals surface area contributed by atoms with Crippen LogP contribution in [-0.4, -0.2) is 31.1 Å². The molecular weight excluding hydrogens is 416 g/mol. The van der Waals surface area contributed by atoms with Crippen molar-refractivity contribution in [1.29, 1.82) is 5.26 Å². The molecule has 0 radical (unpaired) electrons. The van der Waals surface area contributed by atoms with Gasteiger partial charge in [-0.3, -0.25) is 14.5 Å². The molecule has 0 unspecified atom stereocenters. The van der Waals surface area contributed by atoms with Gasteiger partial charge < -0.3 is 10.2 Å². The SMILES string of the molecule is CNC(=O)c1ccc(N2CN(c3ccc(C#N)c(C(F)(F)F)c3)C(=O)C2(C)C)cc1F. The van der Waals surface area contributed by atoms with E-state index < -0.39 is 40.5 Å². The molecule has 2 amide bonds. The van der Waals surface area contributed by atoms with E-state index in [1.807, 2.05) is 0 Å². The number of benzene rings is 2. The summed E-state index contributed by atoms with van der Waals surface area (Å²) in [7, 11) is 1.36. The van der Waals surface area contributed by atoms with Crippen molar-refractivity contribution < 1.29 is 27.2 Å².